The van der Waals surface area contributed by atoms with Gasteiger partial charge in [-0.25, -0.2) is 8.42 Å². The van der Waals surface area contributed by atoms with E-state index in [1.807, 2.05) is 47.4 Å². The summed E-state index contributed by atoms with van der Waals surface area (Å²) >= 11 is 1.36. The second kappa shape index (κ2) is 8.69. The van der Waals surface area contributed by atoms with Crippen molar-refractivity contribution in [3.63, 3.8) is 0 Å². The lowest BCUT2D eigenvalue weighted by Crippen LogP contribution is -2.37. The first kappa shape index (κ1) is 20.7. The van der Waals surface area contributed by atoms with Gasteiger partial charge < -0.3 is 14.4 Å². The number of rotatable bonds is 6. The van der Waals surface area contributed by atoms with E-state index in [0.717, 1.165) is 11.3 Å². The topological polar surface area (TPSA) is 85.3 Å². The van der Waals surface area contributed by atoms with E-state index >= 15 is 0 Å². The maximum absolute atomic E-state index is 12.4. The van der Waals surface area contributed by atoms with Gasteiger partial charge in [0.25, 0.3) is 5.91 Å². The highest BCUT2D eigenvalue weighted by atomic mass is 32.2. The number of sulfone groups is 1. The van der Waals surface area contributed by atoms with Crippen molar-refractivity contribution in [3.05, 3.63) is 60.2 Å². The smallest absolute Gasteiger partial charge is 0.285 e. The number of nitrogens with zero attached hydrogens (tertiary/aromatic N) is 2. The Morgan fingerprint density at radius 3 is 2.67 bits per heavy atom. The molecule has 0 spiro atoms. The fourth-order valence-corrected chi connectivity index (χ4v) is 7.56. The minimum Gasteiger partial charge on any atom is -0.497 e. The minimum atomic E-state index is -3.09. The maximum atomic E-state index is 12.4. The number of amides is 1. The van der Waals surface area contributed by atoms with Gasteiger partial charge in [-0.15, -0.1) is 0 Å². The van der Waals surface area contributed by atoms with E-state index in [1.165, 1.54) is 11.8 Å². The Morgan fingerprint density at radius 1 is 1.13 bits per heavy atom. The lowest BCUT2D eigenvalue weighted by Gasteiger charge is -2.24. The molecule has 0 N–H and O–H groups in total. The van der Waals surface area contributed by atoms with Crippen LogP contribution >= 0.6 is 11.8 Å². The molecule has 2 aromatic carbocycles. The molecule has 9 heteroatoms. The number of fused-ring (bicyclic) bond motifs is 1. The van der Waals surface area contributed by atoms with E-state index in [0.29, 0.717) is 17.5 Å². The third kappa shape index (κ3) is 4.79. The van der Waals surface area contributed by atoms with Gasteiger partial charge in [0, 0.05) is 11.8 Å². The van der Waals surface area contributed by atoms with Crippen LogP contribution in [-0.4, -0.2) is 60.9 Å². The van der Waals surface area contributed by atoms with Crippen molar-refractivity contribution in [2.24, 2.45) is 4.99 Å². The molecule has 158 valence electrons. The maximum Gasteiger partial charge on any atom is 0.285 e. The van der Waals surface area contributed by atoms with Crippen molar-refractivity contribution in [2.75, 3.05) is 25.2 Å². The molecule has 2 fully saturated rings. The van der Waals surface area contributed by atoms with Gasteiger partial charge in [-0.2, -0.15) is 4.99 Å². The van der Waals surface area contributed by atoms with Crippen molar-refractivity contribution in [1.82, 2.24) is 4.90 Å². The zero-order valence-corrected chi connectivity index (χ0v) is 18.1. The number of hydrogen-bond donors (Lipinski definition) is 0. The van der Waals surface area contributed by atoms with Gasteiger partial charge in [-0.3, -0.25) is 4.79 Å². The molecule has 2 atom stereocenters. The molecule has 0 radical (unpaired) electrons. The number of aliphatic imine (C=N–C) groups is 1. The van der Waals surface area contributed by atoms with E-state index in [2.05, 4.69) is 4.99 Å². The summed E-state index contributed by atoms with van der Waals surface area (Å²) < 4.78 is 35.1. The van der Waals surface area contributed by atoms with Crippen LogP contribution in [0.2, 0.25) is 0 Å². The molecule has 1 amide bonds. The summed E-state index contributed by atoms with van der Waals surface area (Å²) in [7, 11) is -1.49. The molecule has 0 bridgehead atoms. The van der Waals surface area contributed by atoms with Crippen LogP contribution in [0.25, 0.3) is 0 Å². The molecule has 0 aliphatic carbocycles. The van der Waals surface area contributed by atoms with E-state index in [9.17, 15) is 13.2 Å². The standard InChI is InChI=1S/C21H22N2O5S2/c1-27-17-9-5-6-15(10-17)11-23-18-13-30(25,26)14-19(18)29-21(23)22-20(24)12-28-16-7-3-2-4-8-16/h2-10,18-19H,11-14H2,1H3/t18-,19+/m1/s1. The number of ether oxygens (including phenoxy) is 2. The fraction of sp³-hybridized carbons (Fsp3) is 0.333. The fourth-order valence-electron chi connectivity index (χ4n) is 3.59. The molecule has 2 saturated heterocycles. The normalized spacial score (nSPS) is 23.4. The van der Waals surface area contributed by atoms with Crippen LogP contribution in [0.1, 0.15) is 5.56 Å². The summed E-state index contributed by atoms with van der Waals surface area (Å²) in [6.45, 7) is 0.279. The summed E-state index contributed by atoms with van der Waals surface area (Å²) in [6, 6.07) is 16.5. The van der Waals surface area contributed by atoms with Crippen molar-refractivity contribution >= 4 is 32.7 Å². The van der Waals surface area contributed by atoms with E-state index in [-0.39, 0.29) is 29.4 Å². The number of carbonyl (C=O) groups is 1. The molecular formula is C21H22N2O5S2. The van der Waals surface area contributed by atoms with Gasteiger partial charge in [0.1, 0.15) is 11.5 Å². The molecule has 4 rings (SSSR count). The molecule has 7 nitrogen and oxygen atoms in total. The Labute approximate surface area is 180 Å². The second-order valence-corrected chi connectivity index (χ2v) is 10.5. The summed E-state index contributed by atoms with van der Waals surface area (Å²) in [5, 5.41) is 0.423. The highest BCUT2D eigenvalue weighted by Crippen LogP contribution is 2.39. The highest BCUT2D eigenvalue weighted by Gasteiger charge is 2.48. The minimum absolute atomic E-state index is 0.0718. The predicted octanol–water partition coefficient (Wildman–Crippen LogP) is 2.37. The van der Waals surface area contributed by atoms with E-state index in [1.54, 1.807) is 19.2 Å². The van der Waals surface area contributed by atoms with Gasteiger partial charge in [-0.1, -0.05) is 42.1 Å². The third-order valence-corrected chi connectivity index (χ3v) is 8.24. The Balaban J connectivity index is 1.52. The number of amidine groups is 1. The van der Waals surface area contributed by atoms with Crippen LogP contribution in [-0.2, 0) is 21.2 Å². The zero-order chi connectivity index (χ0) is 21.1. The molecule has 30 heavy (non-hydrogen) atoms. The lowest BCUT2D eigenvalue weighted by molar-refractivity contribution is -0.119. The molecule has 2 aromatic rings. The van der Waals surface area contributed by atoms with Gasteiger partial charge in [0.2, 0.25) is 0 Å². The number of para-hydroxylation sites is 1. The van der Waals surface area contributed by atoms with Crippen molar-refractivity contribution in [3.8, 4) is 11.5 Å². The predicted molar refractivity (Wildman–Crippen MR) is 117 cm³/mol. The molecule has 0 saturated carbocycles. The quantitative estimate of drug-likeness (QED) is 0.673. The molecule has 0 unspecified atom stereocenters. The molecular weight excluding hydrogens is 424 g/mol. The Bertz CT molecular complexity index is 1060. The molecule has 2 aliphatic rings. The number of methoxy groups -OCH3 is 1. The van der Waals surface area contributed by atoms with Gasteiger partial charge >= 0.3 is 0 Å². The van der Waals surface area contributed by atoms with Crippen LogP contribution in [0.3, 0.4) is 0 Å². The average Bonchev–Trinajstić information content (AvgIpc) is 3.19. The van der Waals surface area contributed by atoms with E-state index in [4.69, 9.17) is 9.47 Å². The SMILES string of the molecule is COc1cccc(CN2C(=NC(=O)COc3ccccc3)S[C@H]3CS(=O)(=O)C[C@H]32)c1. The number of hydrogen-bond acceptors (Lipinski definition) is 6. The van der Waals surface area contributed by atoms with Crippen LogP contribution < -0.4 is 9.47 Å². The van der Waals surface area contributed by atoms with Crippen LogP contribution in [0.5, 0.6) is 11.5 Å². The van der Waals surface area contributed by atoms with Crippen molar-refractivity contribution in [1.29, 1.82) is 0 Å². The number of benzene rings is 2. The molecule has 2 aliphatic heterocycles. The van der Waals surface area contributed by atoms with Gasteiger partial charge in [0.05, 0.1) is 24.7 Å². The number of thioether (sulfide) groups is 1. The van der Waals surface area contributed by atoms with Crippen LogP contribution in [0.15, 0.2) is 59.6 Å². The van der Waals surface area contributed by atoms with Crippen molar-refractivity contribution < 1.29 is 22.7 Å². The van der Waals surface area contributed by atoms with Crippen LogP contribution in [0, 0.1) is 0 Å². The summed E-state index contributed by atoms with van der Waals surface area (Å²) in [5.74, 6) is 1.09. The van der Waals surface area contributed by atoms with Crippen molar-refractivity contribution in [2.45, 2.75) is 17.8 Å². The Kier molecular flexibility index (Phi) is 6.01. The monoisotopic (exact) mass is 446 g/mol. The summed E-state index contributed by atoms with van der Waals surface area (Å²) in [4.78, 5) is 18.6. The second-order valence-electron chi connectivity index (χ2n) is 7.17. The lowest BCUT2D eigenvalue weighted by atomic mass is 10.1. The first-order valence-electron chi connectivity index (χ1n) is 9.49. The Hall–Kier alpha value is -2.52. The summed E-state index contributed by atoms with van der Waals surface area (Å²) in [5.41, 5.74) is 0.959. The highest BCUT2D eigenvalue weighted by molar-refractivity contribution is 8.15. The first-order valence-corrected chi connectivity index (χ1v) is 12.2. The molecule has 2 heterocycles. The third-order valence-electron chi connectivity index (χ3n) is 4.99. The average molecular weight is 447 g/mol. The first-order chi connectivity index (χ1) is 14.4. The largest absolute Gasteiger partial charge is 0.497 e. The van der Waals surface area contributed by atoms with E-state index < -0.39 is 15.7 Å². The molecule has 0 aromatic heterocycles. The zero-order valence-electron chi connectivity index (χ0n) is 16.4. The number of carbonyl (C=O) groups excluding carboxylic acids is 1. The summed E-state index contributed by atoms with van der Waals surface area (Å²) in [6.07, 6.45) is 0. The van der Waals surface area contributed by atoms with Gasteiger partial charge in [0.15, 0.2) is 21.6 Å². The Morgan fingerprint density at radius 2 is 1.90 bits per heavy atom. The van der Waals surface area contributed by atoms with Crippen LogP contribution in [0.4, 0.5) is 0 Å². The van der Waals surface area contributed by atoms with Gasteiger partial charge in [-0.05, 0) is 29.8 Å².